The van der Waals surface area contributed by atoms with Gasteiger partial charge >= 0.3 is 5.97 Å². The fourth-order valence-corrected chi connectivity index (χ4v) is 2.70. The van der Waals surface area contributed by atoms with E-state index in [0.29, 0.717) is 22.8 Å². The first kappa shape index (κ1) is 20.5. The topological polar surface area (TPSA) is 75.7 Å². The molecule has 2 aromatic carbocycles. The summed E-state index contributed by atoms with van der Waals surface area (Å²) in [5.41, 5.74) is 1.82. The number of esters is 1. The van der Waals surface area contributed by atoms with Gasteiger partial charge in [-0.2, -0.15) is 0 Å². The van der Waals surface area contributed by atoms with E-state index >= 15 is 0 Å². The highest BCUT2D eigenvalue weighted by atomic mass is 35.5. The van der Waals surface area contributed by atoms with E-state index in [1.165, 1.54) is 18.9 Å². The molecule has 2 aromatic rings. The average Bonchev–Trinajstić information content (AvgIpc) is 2.67. The van der Waals surface area contributed by atoms with Gasteiger partial charge in [-0.05, 0) is 35.9 Å². The molecule has 0 spiro atoms. The standard InChI is InChI=1S/C20H21ClN2O4/c1-14(24)23(17-9-7-15(8-10-17)20(26)27-2)12-11-19(25)22-13-16-5-3-4-6-18(16)21/h3-10H,11-13H2,1-2H3,(H,22,25). The van der Waals surface area contributed by atoms with E-state index < -0.39 is 5.97 Å². The number of carbonyl (C=O) groups is 3. The van der Waals surface area contributed by atoms with Gasteiger partial charge in [-0.15, -0.1) is 0 Å². The number of carbonyl (C=O) groups excluding carboxylic acids is 3. The monoisotopic (exact) mass is 388 g/mol. The zero-order chi connectivity index (χ0) is 19.8. The number of halogens is 1. The molecular weight excluding hydrogens is 368 g/mol. The number of nitrogens with zero attached hydrogens (tertiary/aromatic N) is 1. The van der Waals surface area contributed by atoms with Gasteiger partial charge in [0.1, 0.15) is 0 Å². The first-order valence-electron chi connectivity index (χ1n) is 8.39. The molecule has 0 saturated heterocycles. The van der Waals surface area contributed by atoms with Crippen molar-refractivity contribution in [2.45, 2.75) is 19.9 Å². The molecular formula is C20H21ClN2O4. The van der Waals surface area contributed by atoms with Crippen molar-refractivity contribution in [3.63, 3.8) is 0 Å². The third-order valence-corrected chi connectivity index (χ3v) is 4.35. The van der Waals surface area contributed by atoms with Crippen molar-refractivity contribution in [2.24, 2.45) is 0 Å². The Hall–Kier alpha value is -2.86. The zero-order valence-electron chi connectivity index (χ0n) is 15.2. The zero-order valence-corrected chi connectivity index (χ0v) is 16.0. The minimum Gasteiger partial charge on any atom is -0.465 e. The molecule has 1 N–H and O–H groups in total. The van der Waals surface area contributed by atoms with E-state index in [9.17, 15) is 14.4 Å². The molecule has 0 aliphatic rings. The van der Waals surface area contributed by atoms with Gasteiger partial charge in [-0.25, -0.2) is 4.79 Å². The van der Waals surface area contributed by atoms with Crippen LogP contribution in [-0.2, 0) is 20.9 Å². The number of rotatable bonds is 7. The number of anilines is 1. The second-order valence-corrected chi connectivity index (χ2v) is 6.23. The van der Waals surface area contributed by atoms with Gasteiger partial charge in [-0.3, -0.25) is 9.59 Å². The van der Waals surface area contributed by atoms with Crippen LogP contribution in [0.15, 0.2) is 48.5 Å². The highest BCUT2D eigenvalue weighted by molar-refractivity contribution is 6.31. The van der Waals surface area contributed by atoms with E-state index in [4.69, 9.17) is 11.6 Å². The van der Waals surface area contributed by atoms with Crippen LogP contribution in [0.5, 0.6) is 0 Å². The van der Waals surface area contributed by atoms with Crippen molar-refractivity contribution in [1.29, 1.82) is 0 Å². The highest BCUT2D eigenvalue weighted by Crippen LogP contribution is 2.17. The van der Waals surface area contributed by atoms with E-state index in [1.807, 2.05) is 18.2 Å². The minimum atomic E-state index is -0.449. The quantitative estimate of drug-likeness (QED) is 0.739. The van der Waals surface area contributed by atoms with Gasteiger partial charge in [0.05, 0.1) is 12.7 Å². The maximum absolute atomic E-state index is 12.1. The molecule has 0 aliphatic carbocycles. The molecule has 2 rings (SSSR count). The summed E-state index contributed by atoms with van der Waals surface area (Å²) >= 11 is 6.07. The van der Waals surface area contributed by atoms with E-state index in [-0.39, 0.29) is 24.8 Å². The molecule has 7 heteroatoms. The molecule has 0 aromatic heterocycles. The third kappa shape index (κ3) is 5.82. The van der Waals surface area contributed by atoms with Crippen LogP contribution < -0.4 is 10.2 Å². The Kier molecular flexibility index (Phi) is 7.37. The van der Waals surface area contributed by atoms with Crippen LogP contribution >= 0.6 is 11.6 Å². The van der Waals surface area contributed by atoms with Gasteiger partial charge in [0.2, 0.25) is 11.8 Å². The highest BCUT2D eigenvalue weighted by Gasteiger charge is 2.14. The fraction of sp³-hybridized carbons (Fsp3) is 0.250. The lowest BCUT2D eigenvalue weighted by molar-refractivity contribution is -0.121. The molecule has 27 heavy (non-hydrogen) atoms. The van der Waals surface area contributed by atoms with Crippen molar-refractivity contribution >= 4 is 35.1 Å². The van der Waals surface area contributed by atoms with Crippen LogP contribution in [-0.4, -0.2) is 31.4 Å². The minimum absolute atomic E-state index is 0.142. The Labute approximate surface area is 163 Å². The largest absolute Gasteiger partial charge is 0.465 e. The summed E-state index contributed by atoms with van der Waals surface area (Å²) in [6.07, 6.45) is 0.142. The van der Waals surface area contributed by atoms with Crippen LogP contribution in [0.4, 0.5) is 5.69 Å². The van der Waals surface area contributed by atoms with Crippen LogP contribution in [0.25, 0.3) is 0 Å². The van der Waals surface area contributed by atoms with Crippen molar-refractivity contribution in [3.05, 3.63) is 64.7 Å². The Morgan fingerprint density at radius 1 is 1.07 bits per heavy atom. The van der Waals surface area contributed by atoms with Gasteiger partial charge in [0, 0.05) is 37.1 Å². The molecule has 0 unspecified atom stereocenters. The Morgan fingerprint density at radius 2 is 1.74 bits per heavy atom. The predicted octanol–water partition coefficient (Wildman–Crippen LogP) is 3.19. The summed E-state index contributed by atoms with van der Waals surface area (Å²) in [7, 11) is 1.30. The Balaban J connectivity index is 1.94. The third-order valence-electron chi connectivity index (χ3n) is 3.98. The Morgan fingerprint density at radius 3 is 2.33 bits per heavy atom. The van der Waals surface area contributed by atoms with Gasteiger partial charge in [0.25, 0.3) is 0 Å². The number of benzene rings is 2. The molecule has 0 saturated carbocycles. The molecule has 0 heterocycles. The average molecular weight is 389 g/mol. The van der Waals surface area contributed by atoms with Crippen LogP contribution in [0.1, 0.15) is 29.3 Å². The van der Waals surface area contributed by atoms with E-state index in [1.54, 1.807) is 30.3 Å². The summed E-state index contributed by atoms with van der Waals surface area (Å²) in [4.78, 5) is 37.0. The summed E-state index contributed by atoms with van der Waals surface area (Å²) in [6, 6.07) is 13.7. The SMILES string of the molecule is COC(=O)c1ccc(N(CCC(=O)NCc2ccccc2Cl)C(C)=O)cc1. The van der Waals surface area contributed by atoms with Crippen molar-refractivity contribution in [1.82, 2.24) is 5.32 Å². The first-order chi connectivity index (χ1) is 12.9. The summed E-state index contributed by atoms with van der Waals surface area (Å²) < 4.78 is 4.65. The maximum Gasteiger partial charge on any atom is 0.337 e. The van der Waals surface area contributed by atoms with E-state index in [2.05, 4.69) is 10.1 Å². The lowest BCUT2D eigenvalue weighted by Gasteiger charge is -2.21. The fourth-order valence-electron chi connectivity index (χ4n) is 2.50. The number of hydrogen-bond donors (Lipinski definition) is 1. The maximum atomic E-state index is 12.1. The summed E-state index contributed by atoms with van der Waals surface area (Å²) in [6.45, 7) is 1.98. The van der Waals surface area contributed by atoms with Crippen LogP contribution in [0.3, 0.4) is 0 Å². The Bertz CT molecular complexity index is 821. The smallest absolute Gasteiger partial charge is 0.337 e. The number of amides is 2. The molecule has 0 radical (unpaired) electrons. The lowest BCUT2D eigenvalue weighted by atomic mass is 10.2. The van der Waals surface area contributed by atoms with Crippen molar-refractivity contribution in [3.8, 4) is 0 Å². The van der Waals surface area contributed by atoms with Crippen molar-refractivity contribution < 1.29 is 19.1 Å². The van der Waals surface area contributed by atoms with Crippen LogP contribution in [0.2, 0.25) is 5.02 Å². The predicted molar refractivity (Wildman–Crippen MR) is 104 cm³/mol. The molecule has 2 amide bonds. The number of methoxy groups -OCH3 is 1. The molecule has 0 fully saturated rings. The number of nitrogens with one attached hydrogen (secondary N) is 1. The lowest BCUT2D eigenvalue weighted by Crippen LogP contribution is -2.33. The van der Waals surface area contributed by atoms with Gasteiger partial charge < -0.3 is 15.0 Å². The molecule has 0 aliphatic heterocycles. The first-order valence-corrected chi connectivity index (χ1v) is 8.76. The second-order valence-electron chi connectivity index (χ2n) is 5.83. The van der Waals surface area contributed by atoms with E-state index in [0.717, 1.165) is 5.56 Å². The normalized spacial score (nSPS) is 10.2. The number of hydrogen-bond acceptors (Lipinski definition) is 4. The summed E-state index contributed by atoms with van der Waals surface area (Å²) in [5.74, 6) is -0.832. The molecule has 0 atom stereocenters. The van der Waals surface area contributed by atoms with Gasteiger partial charge in [0.15, 0.2) is 0 Å². The van der Waals surface area contributed by atoms with Crippen LogP contribution in [0, 0.1) is 0 Å². The molecule has 0 bridgehead atoms. The second kappa shape index (κ2) is 9.73. The number of ether oxygens (including phenoxy) is 1. The van der Waals surface area contributed by atoms with Crippen molar-refractivity contribution in [2.75, 3.05) is 18.6 Å². The van der Waals surface area contributed by atoms with Gasteiger partial charge in [-0.1, -0.05) is 29.8 Å². The molecule has 142 valence electrons. The summed E-state index contributed by atoms with van der Waals surface area (Å²) in [5, 5.41) is 3.39. The molecule has 6 nitrogen and oxygen atoms in total.